The lowest BCUT2D eigenvalue weighted by atomic mass is 9.95. The quantitative estimate of drug-likeness (QED) is 0.341. The van der Waals surface area contributed by atoms with E-state index in [1.54, 1.807) is 6.92 Å². The zero-order valence-corrected chi connectivity index (χ0v) is 15.6. The third kappa shape index (κ3) is 4.09. The van der Waals surface area contributed by atoms with Crippen LogP contribution in [0.4, 0.5) is 5.69 Å². The van der Waals surface area contributed by atoms with Crippen LogP contribution in [0.3, 0.4) is 0 Å². The van der Waals surface area contributed by atoms with Gasteiger partial charge in [0.05, 0.1) is 16.5 Å². The van der Waals surface area contributed by atoms with Crippen molar-refractivity contribution in [2.75, 3.05) is 0 Å². The Hall–Kier alpha value is -3.46. The maximum Gasteiger partial charge on any atom is 0.338 e. The first kappa shape index (κ1) is 19.3. The molecule has 3 rings (SSSR count). The fourth-order valence-electron chi connectivity index (χ4n) is 2.87. The van der Waals surface area contributed by atoms with Crippen molar-refractivity contribution in [3.8, 4) is 5.75 Å². The van der Waals surface area contributed by atoms with Crippen molar-refractivity contribution < 1.29 is 19.6 Å². The average Bonchev–Trinajstić information content (AvgIpc) is 2.66. The Bertz CT molecular complexity index is 975. The third-order valence-corrected chi connectivity index (χ3v) is 4.43. The van der Waals surface area contributed by atoms with Gasteiger partial charge < -0.3 is 20.5 Å². The summed E-state index contributed by atoms with van der Waals surface area (Å²) in [7, 11) is 0. The van der Waals surface area contributed by atoms with Gasteiger partial charge in [-0.25, -0.2) is 4.79 Å². The number of ether oxygens (including phenoxy) is 1. The summed E-state index contributed by atoms with van der Waals surface area (Å²) < 4.78 is 5.41. The van der Waals surface area contributed by atoms with Gasteiger partial charge in [-0.1, -0.05) is 42.5 Å². The molecule has 1 heterocycles. The Balaban J connectivity index is 1.91. The van der Waals surface area contributed by atoms with E-state index in [2.05, 4.69) is 10.6 Å². The van der Waals surface area contributed by atoms with Gasteiger partial charge >= 0.3 is 5.97 Å². The van der Waals surface area contributed by atoms with Gasteiger partial charge in [-0.2, -0.15) is 0 Å². The molecule has 0 saturated heterocycles. The fourth-order valence-corrected chi connectivity index (χ4v) is 3.14. The van der Waals surface area contributed by atoms with Gasteiger partial charge in [0.1, 0.15) is 6.61 Å². The van der Waals surface area contributed by atoms with Crippen molar-refractivity contribution in [3.63, 3.8) is 0 Å². The van der Waals surface area contributed by atoms with E-state index >= 15 is 0 Å². The molecule has 0 fully saturated rings. The van der Waals surface area contributed by atoms with Gasteiger partial charge in [-0.15, -0.1) is 0 Å². The van der Waals surface area contributed by atoms with E-state index in [1.165, 1.54) is 6.07 Å². The molecule has 8 nitrogen and oxygen atoms in total. The molecule has 0 aromatic heterocycles. The summed E-state index contributed by atoms with van der Waals surface area (Å²) in [6.07, 6.45) is 0. The molecule has 0 radical (unpaired) electrons. The number of benzene rings is 2. The lowest BCUT2D eigenvalue weighted by Gasteiger charge is -2.30. The second-order valence-electron chi connectivity index (χ2n) is 6.12. The highest BCUT2D eigenvalue weighted by Crippen LogP contribution is 2.32. The molecule has 2 aromatic rings. The number of carbonyl (C=O) groups excluding carboxylic acids is 1. The topological polar surface area (TPSA) is 117 Å². The summed E-state index contributed by atoms with van der Waals surface area (Å²) in [5, 5.41) is 28.8. The van der Waals surface area contributed by atoms with Crippen LogP contribution in [0, 0.1) is 10.1 Å². The summed E-state index contributed by atoms with van der Waals surface area (Å²) in [5.41, 5.74) is 1.32. The van der Waals surface area contributed by atoms with Crippen molar-refractivity contribution in [2.24, 2.45) is 0 Å². The number of thiocarbonyl (C=S) groups is 1. The van der Waals surface area contributed by atoms with Crippen LogP contribution in [-0.2, 0) is 16.1 Å². The standard InChI is InChI=1S/C19H17N3O5S/c1-11-16(18(24)27-10-12-5-3-2-4-6-12)17(21-19(28)20-11)13-7-8-15(23)14(9-13)22(25)26/h2-9,17,23H,10H2,1H3,(H2,20,21,28)/p-1/t17-/m1/s1. The molecule has 144 valence electrons. The number of nitrogens with one attached hydrogen (secondary N) is 2. The zero-order chi connectivity index (χ0) is 20.3. The fraction of sp³-hybridized carbons (Fsp3) is 0.158. The lowest BCUT2D eigenvalue weighted by Crippen LogP contribution is -2.45. The average molecular weight is 398 g/mol. The first-order chi connectivity index (χ1) is 13.4. The molecule has 2 aromatic carbocycles. The van der Waals surface area contributed by atoms with E-state index in [0.717, 1.165) is 17.7 Å². The number of esters is 1. The van der Waals surface area contributed by atoms with E-state index in [9.17, 15) is 20.0 Å². The van der Waals surface area contributed by atoms with E-state index in [-0.39, 0.29) is 17.3 Å². The molecule has 2 N–H and O–H groups in total. The third-order valence-electron chi connectivity index (χ3n) is 4.21. The predicted octanol–water partition coefficient (Wildman–Crippen LogP) is 2.20. The highest BCUT2D eigenvalue weighted by molar-refractivity contribution is 7.80. The number of carbonyl (C=O) groups is 1. The Morgan fingerprint density at radius 2 is 1.96 bits per heavy atom. The second-order valence-corrected chi connectivity index (χ2v) is 6.52. The van der Waals surface area contributed by atoms with Crippen LogP contribution in [0.5, 0.6) is 5.75 Å². The minimum atomic E-state index is -0.781. The second kappa shape index (κ2) is 8.05. The molecular formula is C19H16N3O5S-. The largest absolute Gasteiger partial charge is 0.868 e. The predicted molar refractivity (Wildman–Crippen MR) is 103 cm³/mol. The van der Waals surface area contributed by atoms with Crippen molar-refractivity contribution >= 4 is 29.0 Å². The van der Waals surface area contributed by atoms with Crippen LogP contribution >= 0.6 is 12.2 Å². The number of rotatable bonds is 5. The number of nitro benzene ring substituents is 1. The first-order valence-electron chi connectivity index (χ1n) is 8.31. The van der Waals surface area contributed by atoms with Gasteiger partial charge in [0.2, 0.25) is 0 Å². The Morgan fingerprint density at radius 1 is 1.25 bits per heavy atom. The smallest absolute Gasteiger partial charge is 0.338 e. The summed E-state index contributed by atoms with van der Waals surface area (Å²) >= 11 is 5.15. The normalized spacial score (nSPS) is 16.2. The van der Waals surface area contributed by atoms with Crippen molar-refractivity contribution in [1.29, 1.82) is 0 Å². The van der Waals surface area contributed by atoms with E-state index < -0.39 is 28.4 Å². The summed E-state index contributed by atoms with van der Waals surface area (Å²) in [4.78, 5) is 23.1. The molecule has 0 spiro atoms. The molecule has 1 atom stereocenters. The Morgan fingerprint density at radius 3 is 2.64 bits per heavy atom. The zero-order valence-electron chi connectivity index (χ0n) is 14.8. The molecule has 1 aliphatic heterocycles. The maximum absolute atomic E-state index is 12.8. The van der Waals surface area contributed by atoms with Crippen LogP contribution in [0.25, 0.3) is 0 Å². The van der Waals surface area contributed by atoms with Crippen LogP contribution in [0.15, 0.2) is 59.8 Å². The highest BCUT2D eigenvalue weighted by Gasteiger charge is 2.31. The summed E-state index contributed by atoms with van der Waals surface area (Å²) in [5.74, 6) is -1.30. The van der Waals surface area contributed by atoms with Gasteiger partial charge in [0.15, 0.2) is 5.11 Å². The van der Waals surface area contributed by atoms with Crippen LogP contribution in [0.2, 0.25) is 0 Å². The Labute approximate surface area is 166 Å². The lowest BCUT2D eigenvalue weighted by molar-refractivity contribution is -0.398. The SMILES string of the molecule is CC1=C(C(=O)OCc2ccccc2)[C@@H](c2ccc([O-])c([N+](=O)[O-])c2)NC(=S)N1. The summed E-state index contributed by atoms with van der Waals surface area (Å²) in [6.45, 7) is 1.74. The van der Waals surface area contributed by atoms with Gasteiger partial charge in [0.25, 0.3) is 5.69 Å². The van der Waals surface area contributed by atoms with Crippen LogP contribution in [0.1, 0.15) is 24.1 Å². The number of hydrogen-bond acceptors (Lipinski definition) is 6. The van der Waals surface area contributed by atoms with E-state index in [4.69, 9.17) is 17.0 Å². The number of allylic oxidation sites excluding steroid dienone is 1. The van der Waals surface area contributed by atoms with Gasteiger partial charge in [-0.3, -0.25) is 10.1 Å². The first-order valence-corrected chi connectivity index (χ1v) is 8.72. The number of nitro groups is 1. The van der Waals surface area contributed by atoms with E-state index in [1.807, 2.05) is 30.3 Å². The molecule has 28 heavy (non-hydrogen) atoms. The van der Waals surface area contributed by atoms with Crippen molar-refractivity contribution in [1.82, 2.24) is 10.6 Å². The van der Waals surface area contributed by atoms with Crippen LogP contribution in [-0.4, -0.2) is 16.0 Å². The van der Waals surface area contributed by atoms with Gasteiger partial charge in [-0.05, 0) is 36.0 Å². The van der Waals surface area contributed by atoms with Crippen LogP contribution < -0.4 is 15.7 Å². The molecular weight excluding hydrogens is 382 g/mol. The highest BCUT2D eigenvalue weighted by atomic mass is 32.1. The monoisotopic (exact) mass is 398 g/mol. The van der Waals surface area contributed by atoms with Gasteiger partial charge in [0, 0.05) is 11.8 Å². The molecule has 0 aliphatic carbocycles. The molecule has 1 aliphatic rings. The minimum absolute atomic E-state index is 0.0767. The molecule has 0 bridgehead atoms. The van der Waals surface area contributed by atoms with Crippen molar-refractivity contribution in [3.05, 3.63) is 81.0 Å². The van der Waals surface area contributed by atoms with E-state index in [0.29, 0.717) is 11.3 Å². The molecule has 9 heteroatoms. The summed E-state index contributed by atoms with van der Waals surface area (Å²) in [6, 6.07) is 12.1. The Kier molecular flexibility index (Phi) is 5.55. The molecule has 0 saturated carbocycles. The number of hydrogen-bond donors (Lipinski definition) is 2. The minimum Gasteiger partial charge on any atom is -0.868 e. The molecule has 0 unspecified atom stereocenters. The molecule has 0 amide bonds. The van der Waals surface area contributed by atoms with Crippen molar-refractivity contribution in [2.45, 2.75) is 19.6 Å². The maximum atomic E-state index is 12.8. The number of nitrogens with zero attached hydrogens (tertiary/aromatic N) is 1.